The molecule has 162 valence electrons. The molecule has 0 bridgehead atoms. The zero-order chi connectivity index (χ0) is 21.3. The van der Waals surface area contributed by atoms with E-state index in [-0.39, 0.29) is 29.6 Å². The summed E-state index contributed by atoms with van der Waals surface area (Å²) in [5, 5.41) is 3.34. The second-order valence-corrected chi connectivity index (χ2v) is 10.0. The first-order valence-corrected chi connectivity index (χ1v) is 12.0. The number of benzene rings is 2. The SMILES string of the molecule is CCS(=O)(=O)NC1CN(c2cc3c(cc2F)OC[C@H](NC)[C@H]3Cc2ccccc2)C1. The van der Waals surface area contributed by atoms with E-state index in [1.54, 1.807) is 6.92 Å². The predicted octanol–water partition coefficient (Wildman–Crippen LogP) is 2.26. The molecule has 0 radical (unpaired) electrons. The summed E-state index contributed by atoms with van der Waals surface area (Å²) in [6.45, 7) is 3.00. The molecule has 2 aromatic carbocycles. The van der Waals surface area contributed by atoms with Crippen molar-refractivity contribution in [3.05, 3.63) is 59.4 Å². The number of nitrogens with one attached hydrogen (secondary N) is 2. The average Bonchev–Trinajstić information content (AvgIpc) is 2.71. The van der Waals surface area contributed by atoms with Crippen LogP contribution in [0.4, 0.5) is 10.1 Å². The van der Waals surface area contributed by atoms with Crippen molar-refractivity contribution in [2.24, 2.45) is 0 Å². The van der Waals surface area contributed by atoms with Gasteiger partial charge in [-0.15, -0.1) is 0 Å². The van der Waals surface area contributed by atoms with Crippen molar-refractivity contribution in [1.29, 1.82) is 0 Å². The normalized spacial score (nSPS) is 21.6. The number of halogens is 1. The molecule has 6 nitrogen and oxygen atoms in total. The summed E-state index contributed by atoms with van der Waals surface area (Å²) >= 11 is 0. The number of ether oxygens (including phenoxy) is 1. The van der Waals surface area contributed by atoms with Crippen LogP contribution in [0.15, 0.2) is 42.5 Å². The van der Waals surface area contributed by atoms with Gasteiger partial charge in [-0.2, -0.15) is 0 Å². The van der Waals surface area contributed by atoms with Crippen LogP contribution in [0.5, 0.6) is 5.75 Å². The lowest BCUT2D eigenvalue weighted by molar-refractivity contribution is 0.218. The Morgan fingerprint density at radius 2 is 1.93 bits per heavy atom. The summed E-state index contributed by atoms with van der Waals surface area (Å²) in [5.41, 5.74) is 2.71. The second-order valence-electron chi connectivity index (χ2n) is 7.97. The Kier molecular flexibility index (Phi) is 5.99. The van der Waals surface area contributed by atoms with E-state index in [0.29, 0.717) is 31.1 Å². The summed E-state index contributed by atoms with van der Waals surface area (Å²) in [7, 11) is -1.34. The molecule has 30 heavy (non-hydrogen) atoms. The maximum Gasteiger partial charge on any atom is 0.211 e. The molecule has 0 aliphatic carbocycles. The van der Waals surface area contributed by atoms with Gasteiger partial charge in [-0.25, -0.2) is 17.5 Å². The molecule has 4 rings (SSSR count). The van der Waals surface area contributed by atoms with Gasteiger partial charge in [0.05, 0.1) is 17.5 Å². The third-order valence-corrected chi connectivity index (χ3v) is 7.45. The van der Waals surface area contributed by atoms with Crippen LogP contribution in [-0.2, 0) is 16.4 Å². The molecule has 2 aliphatic rings. The summed E-state index contributed by atoms with van der Waals surface area (Å²) in [6.07, 6.45) is 0.826. The number of hydrogen-bond acceptors (Lipinski definition) is 5. The lowest BCUT2D eigenvalue weighted by Crippen LogP contribution is -2.59. The molecule has 2 heterocycles. The van der Waals surface area contributed by atoms with E-state index in [4.69, 9.17) is 4.74 Å². The van der Waals surface area contributed by atoms with Gasteiger partial charge >= 0.3 is 0 Å². The van der Waals surface area contributed by atoms with Gasteiger partial charge in [0.1, 0.15) is 18.2 Å². The highest BCUT2D eigenvalue weighted by Gasteiger charge is 2.35. The first-order valence-electron chi connectivity index (χ1n) is 10.3. The summed E-state index contributed by atoms with van der Waals surface area (Å²) in [6, 6.07) is 13.5. The van der Waals surface area contributed by atoms with E-state index in [9.17, 15) is 12.8 Å². The molecule has 2 atom stereocenters. The molecular formula is C22H28FN3O3S. The smallest absolute Gasteiger partial charge is 0.211 e. The Bertz CT molecular complexity index is 994. The lowest BCUT2D eigenvalue weighted by Gasteiger charge is -2.42. The number of likely N-dealkylation sites (N-methyl/N-ethyl adjacent to an activating group) is 1. The maximum atomic E-state index is 14.8. The van der Waals surface area contributed by atoms with Gasteiger partial charge in [-0.3, -0.25) is 0 Å². The quantitative estimate of drug-likeness (QED) is 0.701. The van der Waals surface area contributed by atoms with Crippen molar-refractivity contribution >= 4 is 15.7 Å². The fraction of sp³-hybridized carbons (Fsp3) is 0.455. The van der Waals surface area contributed by atoms with Crippen LogP contribution in [0.25, 0.3) is 0 Å². The Balaban J connectivity index is 1.58. The van der Waals surface area contributed by atoms with Gasteiger partial charge in [0.15, 0.2) is 0 Å². The van der Waals surface area contributed by atoms with Crippen molar-refractivity contribution in [2.75, 3.05) is 37.4 Å². The molecular weight excluding hydrogens is 405 g/mol. The number of hydrogen-bond donors (Lipinski definition) is 2. The summed E-state index contributed by atoms with van der Waals surface area (Å²) in [4.78, 5) is 1.88. The molecule has 2 aliphatic heterocycles. The standard InChI is InChI=1S/C22H28FN3O3S/c1-3-30(27,28)25-16-12-26(13-16)21-10-18-17(9-15-7-5-4-6-8-15)20(24-2)14-29-22(18)11-19(21)23/h4-8,10-11,16-17,20,24-25H,3,9,12-14H2,1-2H3/t17-,20-/m0/s1. The second kappa shape index (κ2) is 8.53. The molecule has 1 saturated heterocycles. The maximum absolute atomic E-state index is 14.8. The zero-order valence-corrected chi connectivity index (χ0v) is 18.1. The van der Waals surface area contributed by atoms with E-state index in [1.807, 2.05) is 36.2 Å². The van der Waals surface area contributed by atoms with Gasteiger partial charge in [-0.1, -0.05) is 30.3 Å². The van der Waals surface area contributed by atoms with Crippen molar-refractivity contribution in [3.8, 4) is 5.75 Å². The minimum Gasteiger partial charge on any atom is -0.492 e. The fourth-order valence-electron chi connectivity index (χ4n) is 4.22. The molecule has 1 fully saturated rings. The van der Waals surface area contributed by atoms with Crippen molar-refractivity contribution in [3.63, 3.8) is 0 Å². The third kappa shape index (κ3) is 4.31. The first kappa shape index (κ1) is 21.1. The number of sulfonamides is 1. The molecule has 0 amide bonds. The lowest BCUT2D eigenvalue weighted by atomic mass is 9.83. The zero-order valence-electron chi connectivity index (χ0n) is 17.3. The largest absolute Gasteiger partial charge is 0.492 e. The van der Waals surface area contributed by atoms with Crippen LogP contribution in [0.2, 0.25) is 0 Å². The van der Waals surface area contributed by atoms with E-state index < -0.39 is 10.0 Å². The van der Waals surface area contributed by atoms with E-state index in [1.165, 1.54) is 11.6 Å². The molecule has 8 heteroatoms. The Morgan fingerprint density at radius 3 is 2.60 bits per heavy atom. The van der Waals surface area contributed by atoms with E-state index >= 15 is 0 Å². The minimum atomic E-state index is -3.26. The highest BCUT2D eigenvalue weighted by Crippen LogP contribution is 2.40. The first-order chi connectivity index (χ1) is 14.4. The number of rotatable bonds is 7. The minimum absolute atomic E-state index is 0.0423. The number of nitrogens with zero attached hydrogens (tertiary/aromatic N) is 1. The molecule has 2 N–H and O–H groups in total. The van der Waals surface area contributed by atoms with Gasteiger partial charge in [0.2, 0.25) is 10.0 Å². The van der Waals surface area contributed by atoms with Crippen molar-refractivity contribution in [2.45, 2.75) is 31.3 Å². The van der Waals surface area contributed by atoms with Crippen LogP contribution in [0.1, 0.15) is 24.0 Å². The highest BCUT2D eigenvalue weighted by molar-refractivity contribution is 7.89. The van der Waals surface area contributed by atoms with E-state index in [2.05, 4.69) is 22.2 Å². The van der Waals surface area contributed by atoms with Gasteiger partial charge in [0, 0.05) is 36.7 Å². The van der Waals surface area contributed by atoms with Crippen molar-refractivity contribution < 1.29 is 17.5 Å². The number of anilines is 1. The Labute approximate surface area is 177 Å². The van der Waals surface area contributed by atoms with Crippen LogP contribution in [0.3, 0.4) is 0 Å². The summed E-state index contributed by atoms with van der Waals surface area (Å²) < 4.78 is 46.9. The van der Waals surface area contributed by atoms with Crippen molar-refractivity contribution in [1.82, 2.24) is 10.0 Å². The van der Waals surface area contributed by atoms with Gasteiger partial charge < -0.3 is 15.0 Å². The fourth-order valence-corrected chi connectivity index (χ4v) is 5.04. The monoisotopic (exact) mass is 433 g/mol. The van der Waals surface area contributed by atoms with Gasteiger partial charge in [-0.05, 0) is 32.0 Å². The average molecular weight is 434 g/mol. The molecule has 0 aromatic heterocycles. The van der Waals surface area contributed by atoms with E-state index in [0.717, 1.165) is 12.0 Å². The molecule has 0 spiro atoms. The topological polar surface area (TPSA) is 70.7 Å². The summed E-state index contributed by atoms with van der Waals surface area (Å²) in [5.74, 6) is 0.441. The molecule has 0 saturated carbocycles. The Morgan fingerprint density at radius 1 is 1.20 bits per heavy atom. The molecule has 2 aromatic rings. The molecule has 0 unspecified atom stereocenters. The predicted molar refractivity (Wildman–Crippen MR) is 116 cm³/mol. The van der Waals surface area contributed by atoms with Gasteiger partial charge in [0.25, 0.3) is 0 Å². The van der Waals surface area contributed by atoms with Crippen LogP contribution in [0, 0.1) is 5.82 Å². The van der Waals surface area contributed by atoms with Crippen LogP contribution >= 0.6 is 0 Å². The Hall–Kier alpha value is -2.16. The number of fused-ring (bicyclic) bond motifs is 1. The highest BCUT2D eigenvalue weighted by atomic mass is 32.2. The van der Waals surface area contributed by atoms with Crippen LogP contribution < -0.4 is 19.7 Å². The van der Waals surface area contributed by atoms with Crippen LogP contribution in [-0.4, -0.2) is 53.0 Å². The third-order valence-electron chi connectivity index (χ3n) is 6.00.